The second-order valence-corrected chi connectivity index (χ2v) is 10.4. The van der Waals surface area contributed by atoms with Crippen molar-refractivity contribution < 1.29 is 33.9 Å². The standard InChI is InChI=1S/C23H31NO8/c1-21(2,3)31-19(26)17-15(25)12-23(7,28)18(20(27)32-22(4,5)6)16(17)13-8-10-14(11-9-13)24(29)30/h8-11,16-18,28H,12H2,1-7H3/t16-,17-,18+,23-/m0/s1. The molecule has 0 spiro atoms. The zero-order valence-electron chi connectivity index (χ0n) is 19.5. The lowest BCUT2D eigenvalue weighted by atomic mass is 9.61. The minimum Gasteiger partial charge on any atom is -0.460 e. The number of aliphatic hydroxyl groups is 1. The summed E-state index contributed by atoms with van der Waals surface area (Å²) < 4.78 is 11.0. The highest BCUT2D eigenvalue weighted by atomic mass is 16.6. The molecule has 1 fully saturated rings. The molecular formula is C23H31NO8. The van der Waals surface area contributed by atoms with E-state index >= 15 is 0 Å². The second kappa shape index (κ2) is 8.61. The number of ketones is 1. The Balaban J connectivity index is 2.66. The third-order valence-corrected chi connectivity index (χ3v) is 5.08. The summed E-state index contributed by atoms with van der Waals surface area (Å²) in [5.41, 5.74) is -3.44. The van der Waals surface area contributed by atoms with E-state index in [9.17, 15) is 29.6 Å². The molecule has 1 aromatic rings. The highest BCUT2D eigenvalue weighted by molar-refractivity contribution is 6.03. The Bertz CT molecular complexity index is 905. The van der Waals surface area contributed by atoms with Crippen molar-refractivity contribution in [2.75, 3.05) is 0 Å². The first-order valence-corrected chi connectivity index (χ1v) is 10.4. The maximum Gasteiger partial charge on any atom is 0.317 e. The lowest BCUT2D eigenvalue weighted by Gasteiger charge is -2.44. The summed E-state index contributed by atoms with van der Waals surface area (Å²) in [4.78, 5) is 49.8. The Morgan fingerprint density at radius 1 is 1.03 bits per heavy atom. The predicted molar refractivity (Wildman–Crippen MR) is 115 cm³/mol. The molecule has 4 atom stereocenters. The second-order valence-electron chi connectivity index (χ2n) is 10.4. The van der Waals surface area contributed by atoms with Crippen LogP contribution in [0.3, 0.4) is 0 Å². The van der Waals surface area contributed by atoms with Gasteiger partial charge in [-0.25, -0.2) is 0 Å². The molecule has 9 heteroatoms. The maximum absolute atomic E-state index is 13.2. The van der Waals surface area contributed by atoms with Crippen molar-refractivity contribution >= 4 is 23.4 Å². The molecule has 1 saturated carbocycles. The fourth-order valence-electron chi connectivity index (χ4n) is 3.96. The maximum atomic E-state index is 13.2. The number of hydrogen-bond donors (Lipinski definition) is 1. The number of non-ortho nitro benzene ring substituents is 1. The number of carbonyl (C=O) groups excluding carboxylic acids is 3. The van der Waals surface area contributed by atoms with Crippen molar-refractivity contribution in [3.8, 4) is 0 Å². The molecule has 1 aliphatic carbocycles. The molecule has 1 aromatic carbocycles. The van der Waals surface area contributed by atoms with Crippen LogP contribution in [0.1, 0.15) is 66.4 Å². The van der Waals surface area contributed by atoms with E-state index in [4.69, 9.17) is 9.47 Å². The van der Waals surface area contributed by atoms with Crippen LogP contribution in [0.5, 0.6) is 0 Å². The average Bonchev–Trinajstić information content (AvgIpc) is 2.56. The van der Waals surface area contributed by atoms with Gasteiger partial charge in [0.15, 0.2) is 5.78 Å². The van der Waals surface area contributed by atoms with E-state index in [0.717, 1.165) is 0 Å². The van der Waals surface area contributed by atoms with Crippen molar-refractivity contribution in [1.82, 2.24) is 0 Å². The number of nitrogens with zero attached hydrogens (tertiary/aromatic N) is 1. The summed E-state index contributed by atoms with van der Waals surface area (Å²) in [6.07, 6.45) is -0.440. The number of carbonyl (C=O) groups is 3. The van der Waals surface area contributed by atoms with E-state index < -0.39 is 63.6 Å². The first-order valence-electron chi connectivity index (χ1n) is 10.4. The van der Waals surface area contributed by atoms with E-state index in [1.54, 1.807) is 41.5 Å². The van der Waals surface area contributed by atoms with Crippen LogP contribution in [0.15, 0.2) is 24.3 Å². The molecule has 0 bridgehead atoms. The van der Waals surface area contributed by atoms with Crippen molar-refractivity contribution in [3.05, 3.63) is 39.9 Å². The van der Waals surface area contributed by atoms with Crippen LogP contribution in [0.2, 0.25) is 0 Å². The SMILES string of the molecule is CC(C)(C)OC(=O)[C@H]1C(=O)C[C@](C)(O)[C@@H](C(=O)OC(C)(C)C)[C@H]1c1ccc([N+](=O)[O-])cc1. The van der Waals surface area contributed by atoms with Crippen LogP contribution < -0.4 is 0 Å². The van der Waals surface area contributed by atoms with E-state index in [1.165, 1.54) is 31.2 Å². The molecule has 1 aliphatic rings. The molecule has 0 heterocycles. The summed E-state index contributed by atoms with van der Waals surface area (Å²) >= 11 is 0. The number of nitro benzene ring substituents is 1. The minimum atomic E-state index is -1.80. The third-order valence-electron chi connectivity index (χ3n) is 5.08. The first kappa shape index (κ1) is 25.5. The molecule has 0 aliphatic heterocycles. The predicted octanol–water partition coefficient (Wildman–Crippen LogP) is 3.32. The number of hydrogen-bond acceptors (Lipinski definition) is 8. The molecule has 2 rings (SSSR count). The molecular weight excluding hydrogens is 418 g/mol. The Labute approximate surface area is 187 Å². The molecule has 176 valence electrons. The number of rotatable bonds is 4. The molecule has 32 heavy (non-hydrogen) atoms. The van der Waals surface area contributed by atoms with Crippen LogP contribution in [0.25, 0.3) is 0 Å². The smallest absolute Gasteiger partial charge is 0.317 e. The average molecular weight is 450 g/mol. The lowest BCUT2D eigenvalue weighted by Crippen LogP contribution is -2.56. The van der Waals surface area contributed by atoms with Crippen LogP contribution in [-0.4, -0.2) is 44.6 Å². The summed E-state index contributed by atoms with van der Waals surface area (Å²) in [5, 5.41) is 22.2. The summed E-state index contributed by atoms with van der Waals surface area (Å²) in [6.45, 7) is 11.3. The monoisotopic (exact) mass is 449 g/mol. The van der Waals surface area contributed by atoms with E-state index in [2.05, 4.69) is 0 Å². The van der Waals surface area contributed by atoms with E-state index in [1.807, 2.05) is 0 Å². The molecule has 0 saturated heterocycles. The number of benzene rings is 1. The van der Waals surface area contributed by atoms with Gasteiger partial charge in [0.25, 0.3) is 5.69 Å². The van der Waals surface area contributed by atoms with E-state index in [0.29, 0.717) is 5.56 Å². The molecule has 1 N–H and O–H groups in total. The van der Waals surface area contributed by atoms with Crippen LogP contribution >= 0.6 is 0 Å². The largest absolute Gasteiger partial charge is 0.460 e. The molecule has 0 amide bonds. The zero-order valence-corrected chi connectivity index (χ0v) is 19.5. The summed E-state index contributed by atoms with van der Waals surface area (Å²) in [7, 11) is 0. The Morgan fingerprint density at radius 3 is 1.94 bits per heavy atom. The van der Waals surface area contributed by atoms with Crippen molar-refractivity contribution in [3.63, 3.8) is 0 Å². The molecule has 9 nitrogen and oxygen atoms in total. The van der Waals surface area contributed by atoms with Crippen LogP contribution in [0, 0.1) is 22.0 Å². The van der Waals surface area contributed by atoms with Gasteiger partial charge in [-0.05, 0) is 54.0 Å². The Hall–Kier alpha value is -2.81. The molecule has 0 radical (unpaired) electrons. The zero-order chi connectivity index (χ0) is 24.6. The van der Waals surface area contributed by atoms with Crippen LogP contribution in [0.4, 0.5) is 5.69 Å². The van der Waals surface area contributed by atoms with Crippen molar-refractivity contribution in [2.24, 2.45) is 11.8 Å². The van der Waals surface area contributed by atoms with Gasteiger partial charge in [-0.2, -0.15) is 0 Å². The highest BCUT2D eigenvalue weighted by Gasteiger charge is 2.57. The van der Waals surface area contributed by atoms with Gasteiger partial charge in [-0.3, -0.25) is 24.5 Å². The van der Waals surface area contributed by atoms with Crippen molar-refractivity contribution in [1.29, 1.82) is 0 Å². The fourth-order valence-corrected chi connectivity index (χ4v) is 3.96. The summed E-state index contributed by atoms with van der Waals surface area (Å²) in [5.74, 6) is -5.96. The number of nitro groups is 1. The minimum absolute atomic E-state index is 0.190. The van der Waals surface area contributed by atoms with Crippen molar-refractivity contribution in [2.45, 2.75) is 77.6 Å². The first-order chi connectivity index (χ1) is 14.4. The van der Waals surface area contributed by atoms with Gasteiger partial charge < -0.3 is 14.6 Å². The van der Waals surface area contributed by atoms with Crippen LogP contribution in [-0.2, 0) is 23.9 Å². The Morgan fingerprint density at radius 2 is 1.50 bits per heavy atom. The molecule has 0 unspecified atom stereocenters. The normalized spacial score (nSPS) is 26.4. The van der Waals surface area contributed by atoms with Gasteiger partial charge in [-0.15, -0.1) is 0 Å². The highest BCUT2D eigenvalue weighted by Crippen LogP contribution is 2.47. The van der Waals surface area contributed by atoms with Gasteiger partial charge in [0, 0.05) is 24.5 Å². The van der Waals surface area contributed by atoms with Gasteiger partial charge in [0.2, 0.25) is 0 Å². The quantitative estimate of drug-likeness (QED) is 0.320. The summed E-state index contributed by atoms with van der Waals surface area (Å²) in [6, 6.07) is 5.21. The van der Waals surface area contributed by atoms with Gasteiger partial charge in [0.05, 0.1) is 16.4 Å². The lowest BCUT2D eigenvalue weighted by molar-refractivity contribution is -0.384. The van der Waals surface area contributed by atoms with Gasteiger partial charge in [-0.1, -0.05) is 12.1 Å². The fraction of sp³-hybridized carbons (Fsp3) is 0.609. The molecule has 0 aromatic heterocycles. The number of esters is 2. The van der Waals surface area contributed by atoms with E-state index in [-0.39, 0.29) is 5.69 Å². The number of Topliss-reactive ketones (excluding diaryl/α,β-unsaturated/α-hetero) is 1. The number of ether oxygens (including phenoxy) is 2. The van der Waals surface area contributed by atoms with Gasteiger partial charge >= 0.3 is 11.9 Å². The van der Waals surface area contributed by atoms with Gasteiger partial charge in [0.1, 0.15) is 17.1 Å². The Kier molecular flexibility index (Phi) is 6.85. The third kappa shape index (κ3) is 5.91. The topological polar surface area (TPSA) is 133 Å².